The van der Waals surface area contributed by atoms with Gasteiger partial charge in [0.05, 0.1) is 30.0 Å². The predicted molar refractivity (Wildman–Crippen MR) is 114 cm³/mol. The summed E-state index contributed by atoms with van der Waals surface area (Å²) in [4.78, 5) is 28.9. The first-order chi connectivity index (χ1) is 15.0. The molecule has 1 N–H and O–H groups in total. The lowest BCUT2D eigenvalue weighted by molar-refractivity contribution is -0.300. The summed E-state index contributed by atoms with van der Waals surface area (Å²) >= 11 is 1.12. The predicted octanol–water partition coefficient (Wildman–Crippen LogP) is 1.90. The van der Waals surface area contributed by atoms with Crippen molar-refractivity contribution in [2.75, 3.05) is 42.5 Å². The Morgan fingerprint density at radius 1 is 1.19 bits per heavy atom. The van der Waals surface area contributed by atoms with E-state index in [9.17, 15) is 8.42 Å². The number of nitrogens with zero attached hydrogens (tertiary/aromatic N) is 5. The molecule has 1 aliphatic rings. The number of anilines is 2. The van der Waals surface area contributed by atoms with Gasteiger partial charge in [0.2, 0.25) is 5.95 Å². The van der Waals surface area contributed by atoms with E-state index in [0.717, 1.165) is 21.9 Å². The minimum Gasteiger partial charge on any atom is -0.378 e. The molecule has 1 fully saturated rings. The van der Waals surface area contributed by atoms with Crippen molar-refractivity contribution in [1.82, 2.24) is 19.9 Å². The summed E-state index contributed by atoms with van der Waals surface area (Å²) in [5.41, 5.74) is 1.24. The van der Waals surface area contributed by atoms with E-state index in [4.69, 9.17) is 14.5 Å². The Labute approximate surface area is 183 Å². The first-order valence-electron chi connectivity index (χ1n) is 9.65. The normalized spacial score (nSPS) is 14.8. The van der Waals surface area contributed by atoms with Crippen molar-refractivity contribution >= 4 is 43.3 Å². The molecule has 0 saturated carbocycles. The molecule has 1 aliphatic heterocycles. The van der Waals surface area contributed by atoms with Crippen LogP contribution in [0.25, 0.3) is 10.2 Å². The Bertz CT molecular complexity index is 1150. The summed E-state index contributed by atoms with van der Waals surface area (Å²) in [6.07, 6.45) is 2.94. The van der Waals surface area contributed by atoms with Crippen molar-refractivity contribution in [3.05, 3.63) is 29.8 Å². The summed E-state index contributed by atoms with van der Waals surface area (Å²) in [6.45, 7) is 6.77. The molecule has 3 aromatic rings. The van der Waals surface area contributed by atoms with Crippen LogP contribution in [0.5, 0.6) is 0 Å². The smallest absolute Gasteiger partial charge is 0.273 e. The number of aromatic nitrogens is 4. The van der Waals surface area contributed by atoms with Crippen LogP contribution < -0.4 is 9.62 Å². The third-order valence-electron chi connectivity index (χ3n) is 4.38. The van der Waals surface area contributed by atoms with Crippen molar-refractivity contribution in [3.8, 4) is 0 Å². The molecule has 31 heavy (non-hydrogen) atoms. The van der Waals surface area contributed by atoms with E-state index in [0.29, 0.717) is 49.8 Å². The van der Waals surface area contributed by atoms with Crippen molar-refractivity contribution in [2.24, 2.45) is 0 Å². The van der Waals surface area contributed by atoms with E-state index in [-0.39, 0.29) is 16.8 Å². The first kappa shape index (κ1) is 21.8. The highest BCUT2D eigenvalue weighted by Gasteiger charge is 2.24. The van der Waals surface area contributed by atoms with E-state index in [1.165, 1.54) is 12.4 Å². The highest BCUT2D eigenvalue weighted by atomic mass is 32.2. The molecule has 166 valence electrons. The Balaban J connectivity index is 1.57. The van der Waals surface area contributed by atoms with Crippen molar-refractivity contribution < 1.29 is 22.9 Å². The summed E-state index contributed by atoms with van der Waals surface area (Å²) in [7, 11) is -3.89. The number of hydrogen-bond donors (Lipinski definition) is 1. The number of fused-ring (bicyclic) bond motifs is 1. The lowest BCUT2D eigenvalue weighted by Gasteiger charge is -2.28. The van der Waals surface area contributed by atoms with Gasteiger partial charge < -0.3 is 9.64 Å². The van der Waals surface area contributed by atoms with Crippen LogP contribution in [0.1, 0.15) is 18.3 Å². The number of aryl methyl sites for hydroxylation is 1. The van der Waals surface area contributed by atoms with Crippen molar-refractivity contribution in [1.29, 1.82) is 0 Å². The number of morpholine rings is 1. The van der Waals surface area contributed by atoms with Gasteiger partial charge in [0, 0.05) is 31.0 Å². The molecule has 0 spiro atoms. The second-order valence-electron chi connectivity index (χ2n) is 6.66. The van der Waals surface area contributed by atoms with Crippen LogP contribution >= 0.6 is 11.3 Å². The van der Waals surface area contributed by atoms with Crippen LogP contribution in [-0.4, -0.2) is 61.3 Å². The van der Waals surface area contributed by atoms with E-state index in [2.05, 4.69) is 29.6 Å². The zero-order chi connectivity index (χ0) is 21.8. The van der Waals surface area contributed by atoms with Crippen LogP contribution in [0, 0.1) is 6.92 Å². The van der Waals surface area contributed by atoms with Crippen molar-refractivity contribution in [2.45, 2.75) is 24.7 Å². The average Bonchev–Trinajstić information content (AvgIpc) is 3.20. The average molecular weight is 467 g/mol. The lowest BCUT2D eigenvalue weighted by atomic mass is 10.3. The Morgan fingerprint density at radius 3 is 2.65 bits per heavy atom. The third-order valence-corrected chi connectivity index (χ3v) is 7.30. The second kappa shape index (κ2) is 9.36. The molecule has 0 amide bonds. The van der Waals surface area contributed by atoms with Crippen LogP contribution in [0.3, 0.4) is 0 Å². The Morgan fingerprint density at radius 2 is 1.94 bits per heavy atom. The molecule has 0 unspecified atom stereocenters. The van der Waals surface area contributed by atoms with Gasteiger partial charge >= 0.3 is 0 Å². The Kier molecular flexibility index (Phi) is 6.57. The molecule has 3 aromatic heterocycles. The van der Waals surface area contributed by atoms with Gasteiger partial charge in [-0.05, 0) is 19.9 Å². The van der Waals surface area contributed by atoms with E-state index >= 15 is 0 Å². The zero-order valence-electron chi connectivity index (χ0n) is 17.1. The topological polar surface area (TPSA) is 129 Å². The minimum absolute atomic E-state index is 0.0340. The number of sulfonamides is 1. The van der Waals surface area contributed by atoms with Gasteiger partial charge in [0.15, 0.2) is 5.82 Å². The maximum atomic E-state index is 12.9. The van der Waals surface area contributed by atoms with Gasteiger partial charge in [-0.1, -0.05) is 0 Å². The van der Waals surface area contributed by atoms with Crippen LogP contribution in [0.15, 0.2) is 22.7 Å². The fourth-order valence-corrected chi connectivity index (χ4v) is 5.35. The second-order valence-corrected chi connectivity index (χ2v) is 9.62. The molecule has 13 heteroatoms. The monoisotopic (exact) mass is 466 g/mol. The summed E-state index contributed by atoms with van der Waals surface area (Å²) in [6, 6.07) is 1.55. The lowest BCUT2D eigenvalue weighted by Crippen LogP contribution is -2.36. The maximum Gasteiger partial charge on any atom is 0.273 e. The molecule has 0 atom stereocenters. The van der Waals surface area contributed by atoms with Crippen LogP contribution in [0.4, 0.5) is 11.8 Å². The van der Waals surface area contributed by atoms with Crippen molar-refractivity contribution in [3.63, 3.8) is 0 Å². The fraction of sp³-hybridized carbons (Fsp3) is 0.444. The van der Waals surface area contributed by atoms with E-state index < -0.39 is 10.0 Å². The largest absolute Gasteiger partial charge is 0.378 e. The quantitative estimate of drug-likeness (QED) is 0.298. The van der Waals surface area contributed by atoms with Crippen LogP contribution in [0.2, 0.25) is 0 Å². The molecule has 1 saturated heterocycles. The molecular weight excluding hydrogens is 444 g/mol. The number of ether oxygens (including phenoxy) is 1. The highest BCUT2D eigenvalue weighted by molar-refractivity contribution is 7.94. The highest BCUT2D eigenvalue weighted by Crippen LogP contribution is 2.35. The van der Waals surface area contributed by atoms with Gasteiger partial charge in [-0.25, -0.2) is 42.9 Å². The summed E-state index contributed by atoms with van der Waals surface area (Å²) in [5, 5.41) is 0. The summed E-state index contributed by atoms with van der Waals surface area (Å²) < 4.78 is 34.5. The molecule has 4 rings (SSSR count). The molecule has 11 nitrogen and oxygen atoms in total. The molecular formula is C18H22N6O5S2. The number of rotatable bonds is 8. The van der Waals surface area contributed by atoms with Gasteiger partial charge in [-0.3, -0.25) is 0 Å². The maximum absolute atomic E-state index is 12.9. The molecule has 0 aromatic carbocycles. The molecule has 0 bridgehead atoms. The van der Waals surface area contributed by atoms with Gasteiger partial charge in [-0.15, -0.1) is 11.3 Å². The number of thiophene rings is 1. The standard InChI is InChI=1S/C18H22N6O5S2/c1-3-28-29-11-13-9-19-18(20-10-13)23-31(25,26)15-8-14-16(30-15)17(22-12(2)21-14)24-4-6-27-7-5-24/h8-10H,3-7,11H2,1-2H3,(H,19,20,23). The van der Waals surface area contributed by atoms with Crippen LogP contribution in [-0.2, 0) is 31.1 Å². The first-order valence-corrected chi connectivity index (χ1v) is 12.0. The molecule has 0 aliphatic carbocycles. The van der Waals surface area contributed by atoms with E-state index in [1.807, 2.05) is 0 Å². The summed E-state index contributed by atoms with van der Waals surface area (Å²) in [5.74, 6) is 1.28. The zero-order valence-corrected chi connectivity index (χ0v) is 18.7. The van der Waals surface area contributed by atoms with E-state index in [1.54, 1.807) is 19.9 Å². The number of hydrogen-bond acceptors (Lipinski definition) is 11. The third kappa shape index (κ3) is 5.07. The minimum atomic E-state index is -3.89. The Hall–Kier alpha value is -2.45. The van der Waals surface area contributed by atoms with Gasteiger partial charge in [0.25, 0.3) is 10.0 Å². The van der Waals surface area contributed by atoms with Gasteiger partial charge in [0.1, 0.15) is 16.6 Å². The SMILES string of the molecule is CCOOCc1cnc(NS(=O)(=O)c2cc3nc(C)nc(N4CCOCC4)c3s2)nc1. The number of nitrogens with one attached hydrogen (secondary N) is 1. The molecule has 0 radical (unpaired) electrons. The van der Waals surface area contributed by atoms with Gasteiger partial charge in [-0.2, -0.15) is 0 Å². The fourth-order valence-electron chi connectivity index (χ4n) is 2.97. The molecule has 4 heterocycles.